The number of piperazine rings is 1. The lowest BCUT2D eigenvalue weighted by molar-refractivity contribution is 0.0127. The Bertz CT molecular complexity index is 629. The number of urea groups is 1. The average Bonchev–Trinajstić information content (AvgIpc) is 2.72. The largest absolute Gasteiger partial charge is 0.379 e. The van der Waals surface area contributed by atoms with Gasteiger partial charge >= 0.3 is 6.03 Å². The molecule has 1 unspecified atom stereocenters. The molecule has 3 rings (SSSR count). The maximum atomic E-state index is 12.7. The van der Waals surface area contributed by atoms with Gasteiger partial charge in [0.05, 0.1) is 23.9 Å². The molecule has 2 saturated heterocycles. The summed E-state index contributed by atoms with van der Waals surface area (Å²) < 4.78 is 5.48. The van der Waals surface area contributed by atoms with Crippen molar-refractivity contribution < 1.29 is 9.53 Å². The van der Waals surface area contributed by atoms with Crippen molar-refractivity contribution in [2.75, 3.05) is 63.9 Å². The van der Waals surface area contributed by atoms with Crippen LogP contribution in [-0.4, -0.2) is 80.9 Å². The second-order valence-electron chi connectivity index (χ2n) is 8.04. The third kappa shape index (κ3) is 5.75. The van der Waals surface area contributed by atoms with Gasteiger partial charge in [-0.3, -0.25) is 4.90 Å². The van der Waals surface area contributed by atoms with Gasteiger partial charge in [0, 0.05) is 51.9 Å². The molecule has 2 aliphatic heterocycles. The Hall–Kier alpha value is -1.50. The number of anilines is 1. The predicted octanol–water partition coefficient (Wildman–Crippen LogP) is 2.92. The number of ether oxygens (including phenoxy) is 1. The number of halogens is 1. The predicted molar refractivity (Wildman–Crippen MR) is 114 cm³/mol. The van der Waals surface area contributed by atoms with Gasteiger partial charge < -0.3 is 19.9 Å². The maximum absolute atomic E-state index is 12.7. The SMILES string of the molecule is CC(C)CC(CNC(=O)N1CCN(c2ccccc2Cl)CC1)N1CCOCC1. The van der Waals surface area contributed by atoms with E-state index in [-0.39, 0.29) is 6.03 Å². The molecule has 0 saturated carbocycles. The van der Waals surface area contributed by atoms with Gasteiger partial charge in [0.15, 0.2) is 0 Å². The quantitative estimate of drug-likeness (QED) is 0.786. The van der Waals surface area contributed by atoms with Crippen molar-refractivity contribution >= 4 is 23.3 Å². The van der Waals surface area contributed by atoms with Crippen molar-refractivity contribution in [1.82, 2.24) is 15.1 Å². The minimum atomic E-state index is 0.0424. The summed E-state index contributed by atoms with van der Waals surface area (Å²) in [5.41, 5.74) is 1.05. The molecule has 1 N–H and O–H groups in total. The molecule has 7 heteroatoms. The van der Waals surface area contributed by atoms with Crippen molar-refractivity contribution in [3.8, 4) is 0 Å². The van der Waals surface area contributed by atoms with E-state index in [4.69, 9.17) is 16.3 Å². The number of hydrogen-bond donors (Lipinski definition) is 1. The van der Waals surface area contributed by atoms with Crippen molar-refractivity contribution in [2.45, 2.75) is 26.3 Å². The van der Waals surface area contributed by atoms with Crippen LogP contribution in [0.2, 0.25) is 5.02 Å². The van der Waals surface area contributed by atoms with E-state index in [1.165, 1.54) is 0 Å². The van der Waals surface area contributed by atoms with Crippen LogP contribution in [0.4, 0.5) is 10.5 Å². The van der Waals surface area contributed by atoms with Gasteiger partial charge in [-0.15, -0.1) is 0 Å². The number of hydrogen-bond acceptors (Lipinski definition) is 4. The first-order valence-corrected chi connectivity index (χ1v) is 10.8. The second kappa shape index (κ2) is 10.3. The summed E-state index contributed by atoms with van der Waals surface area (Å²) in [5, 5.41) is 3.95. The third-order valence-corrected chi connectivity index (χ3v) is 5.87. The molecule has 0 spiro atoms. The van der Waals surface area contributed by atoms with E-state index in [0.717, 1.165) is 56.5 Å². The van der Waals surface area contributed by atoms with E-state index in [1.54, 1.807) is 0 Å². The van der Waals surface area contributed by atoms with Crippen molar-refractivity contribution in [3.05, 3.63) is 29.3 Å². The van der Waals surface area contributed by atoms with E-state index < -0.39 is 0 Å². The average molecular weight is 409 g/mol. The lowest BCUT2D eigenvalue weighted by atomic mass is 10.0. The zero-order valence-electron chi connectivity index (χ0n) is 17.1. The van der Waals surface area contributed by atoms with Crippen LogP contribution >= 0.6 is 11.6 Å². The Kier molecular flexibility index (Phi) is 7.82. The Labute approximate surface area is 173 Å². The Balaban J connectivity index is 1.48. The highest BCUT2D eigenvalue weighted by atomic mass is 35.5. The van der Waals surface area contributed by atoms with Gasteiger partial charge in [-0.1, -0.05) is 37.6 Å². The molecule has 2 amide bonds. The van der Waals surface area contributed by atoms with Crippen LogP contribution in [0.3, 0.4) is 0 Å². The van der Waals surface area contributed by atoms with Crippen LogP contribution in [0.1, 0.15) is 20.3 Å². The van der Waals surface area contributed by atoms with Gasteiger partial charge in [-0.25, -0.2) is 4.79 Å². The summed E-state index contributed by atoms with van der Waals surface area (Å²) in [4.78, 5) is 19.3. The normalized spacial score (nSPS) is 19.7. The lowest BCUT2D eigenvalue weighted by Gasteiger charge is -2.38. The van der Waals surface area contributed by atoms with Gasteiger partial charge in [0.2, 0.25) is 0 Å². The minimum absolute atomic E-state index is 0.0424. The molecule has 2 heterocycles. The summed E-state index contributed by atoms with van der Waals surface area (Å²) in [5.74, 6) is 0.601. The second-order valence-corrected chi connectivity index (χ2v) is 8.45. The molecule has 2 aliphatic rings. The van der Waals surface area contributed by atoms with Crippen molar-refractivity contribution in [3.63, 3.8) is 0 Å². The standard InChI is InChI=1S/C21H33ClN4O2/c1-17(2)15-18(24-11-13-28-14-12-24)16-23-21(27)26-9-7-25(8-10-26)20-6-4-3-5-19(20)22/h3-6,17-18H,7-16H2,1-2H3,(H,23,27). The number of rotatable bonds is 6. The molecule has 0 radical (unpaired) electrons. The molecule has 6 nitrogen and oxygen atoms in total. The van der Waals surface area contributed by atoms with Crippen LogP contribution in [-0.2, 0) is 4.74 Å². The van der Waals surface area contributed by atoms with Gasteiger partial charge in [0.1, 0.15) is 0 Å². The fourth-order valence-electron chi connectivity index (χ4n) is 4.02. The van der Waals surface area contributed by atoms with Crippen molar-refractivity contribution in [1.29, 1.82) is 0 Å². The van der Waals surface area contributed by atoms with Crippen LogP contribution in [0.5, 0.6) is 0 Å². The zero-order chi connectivity index (χ0) is 19.9. The summed E-state index contributed by atoms with van der Waals surface area (Å²) in [7, 11) is 0. The summed E-state index contributed by atoms with van der Waals surface area (Å²) in [6.07, 6.45) is 1.08. The molecule has 0 bridgehead atoms. The van der Waals surface area contributed by atoms with Crippen LogP contribution in [0, 0.1) is 5.92 Å². The molecule has 28 heavy (non-hydrogen) atoms. The van der Waals surface area contributed by atoms with Crippen LogP contribution in [0.15, 0.2) is 24.3 Å². The monoisotopic (exact) mass is 408 g/mol. The Morgan fingerprint density at radius 3 is 2.43 bits per heavy atom. The number of morpholine rings is 1. The summed E-state index contributed by atoms with van der Waals surface area (Å²) in [6, 6.07) is 8.31. The van der Waals surface area contributed by atoms with Crippen molar-refractivity contribution in [2.24, 2.45) is 5.92 Å². The Morgan fingerprint density at radius 2 is 1.79 bits per heavy atom. The smallest absolute Gasteiger partial charge is 0.317 e. The maximum Gasteiger partial charge on any atom is 0.317 e. The fourth-order valence-corrected chi connectivity index (χ4v) is 4.28. The van der Waals surface area contributed by atoms with Crippen LogP contribution < -0.4 is 10.2 Å². The zero-order valence-corrected chi connectivity index (χ0v) is 17.8. The number of benzene rings is 1. The first-order chi connectivity index (χ1) is 13.5. The van der Waals surface area contributed by atoms with Gasteiger partial charge in [-0.05, 0) is 24.5 Å². The number of carbonyl (C=O) groups excluding carboxylic acids is 1. The van der Waals surface area contributed by atoms with Gasteiger partial charge in [0.25, 0.3) is 0 Å². The molecule has 0 aromatic heterocycles. The number of amides is 2. The fraction of sp³-hybridized carbons (Fsp3) is 0.667. The van der Waals surface area contributed by atoms with E-state index in [0.29, 0.717) is 31.6 Å². The van der Waals surface area contributed by atoms with E-state index in [9.17, 15) is 4.79 Å². The summed E-state index contributed by atoms with van der Waals surface area (Å²) >= 11 is 6.31. The molecule has 1 aromatic rings. The first-order valence-electron chi connectivity index (χ1n) is 10.4. The molecule has 1 aromatic carbocycles. The van der Waals surface area contributed by atoms with Gasteiger partial charge in [-0.2, -0.15) is 0 Å². The molecule has 0 aliphatic carbocycles. The molecule has 2 fully saturated rings. The molecule has 1 atom stereocenters. The Morgan fingerprint density at radius 1 is 1.11 bits per heavy atom. The summed E-state index contributed by atoms with van der Waals surface area (Å²) in [6.45, 7) is 11.7. The topological polar surface area (TPSA) is 48.1 Å². The molecular weight excluding hydrogens is 376 g/mol. The highest BCUT2D eigenvalue weighted by molar-refractivity contribution is 6.33. The highest BCUT2D eigenvalue weighted by Gasteiger charge is 2.25. The number of para-hydroxylation sites is 1. The number of nitrogens with zero attached hydrogens (tertiary/aromatic N) is 3. The number of nitrogens with one attached hydrogen (secondary N) is 1. The van der Waals surface area contributed by atoms with E-state index in [1.807, 2.05) is 29.2 Å². The minimum Gasteiger partial charge on any atom is -0.379 e. The van der Waals surface area contributed by atoms with Crippen LogP contribution in [0.25, 0.3) is 0 Å². The lowest BCUT2D eigenvalue weighted by Crippen LogP contribution is -2.55. The molecular formula is C21H33ClN4O2. The first kappa shape index (κ1) is 21.2. The van der Waals surface area contributed by atoms with E-state index in [2.05, 4.69) is 29.0 Å². The number of carbonyl (C=O) groups is 1. The highest BCUT2D eigenvalue weighted by Crippen LogP contribution is 2.26. The third-order valence-electron chi connectivity index (χ3n) is 5.55. The van der Waals surface area contributed by atoms with E-state index >= 15 is 0 Å². The molecule has 156 valence electrons.